The highest BCUT2D eigenvalue weighted by molar-refractivity contribution is 5.88. The number of anilines is 1. The monoisotopic (exact) mass is 399 g/mol. The van der Waals surface area contributed by atoms with Crippen LogP contribution < -0.4 is 10.5 Å². The lowest BCUT2D eigenvalue weighted by Crippen LogP contribution is -2.45. The maximum Gasteiger partial charge on any atom is 0.341 e. The Morgan fingerprint density at radius 2 is 1.81 bits per heavy atom. The van der Waals surface area contributed by atoms with Gasteiger partial charge < -0.3 is 14.9 Å². The van der Waals surface area contributed by atoms with Crippen LogP contribution in [0.1, 0.15) is 34.7 Å². The lowest BCUT2D eigenvalue weighted by molar-refractivity contribution is 0.0694. The van der Waals surface area contributed by atoms with E-state index >= 15 is 4.39 Å². The number of likely N-dealkylation sites (N-methyl/N-ethyl adjacent to an activating group) is 1. The maximum atomic E-state index is 15.4. The van der Waals surface area contributed by atoms with Gasteiger partial charge in [-0.1, -0.05) is 0 Å². The molecule has 1 saturated heterocycles. The van der Waals surface area contributed by atoms with Crippen LogP contribution in [0.4, 0.5) is 14.5 Å². The molecule has 0 aromatic carbocycles. The van der Waals surface area contributed by atoms with Crippen LogP contribution in [0.15, 0.2) is 17.1 Å². The van der Waals surface area contributed by atoms with Crippen molar-refractivity contribution >= 4 is 29.6 Å². The lowest BCUT2D eigenvalue weighted by atomic mass is 10.1. The third kappa shape index (κ3) is 3.27. The van der Waals surface area contributed by atoms with E-state index in [0.29, 0.717) is 31.7 Å². The number of carbonyl (C=O) groups is 1. The van der Waals surface area contributed by atoms with Gasteiger partial charge in [-0.3, -0.25) is 9.20 Å². The third-order valence-corrected chi connectivity index (χ3v) is 5.21. The summed E-state index contributed by atoms with van der Waals surface area (Å²) in [7, 11) is 1.95. The Bertz CT molecular complexity index is 967. The molecule has 0 radical (unpaired) electrons. The Morgan fingerprint density at radius 3 is 2.37 bits per heavy atom. The van der Waals surface area contributed by atoms with E-state index < -0.39 is 28.7 Å². The maximum absolute atomic E-state index is 15.4. The van der Waals surface area contributed by atoms with E-state index in [1.807, 2.05) is 7.05 Å². The Hall–Kier alpha value is -2.19. The average Bonchev–Trinajstić information content (AvgIpc) is 3.42. The number of halogens is 3. The van der Waals surface area contributed by atoms with Crippen LogP contribution in [0, 0.1) is 11.6 Å². The number of fused-ring (bicyclic) bond motifs is 1. The van der Waals surface area contributed by atoms with Crippen LogP contribution in [0.3, 0.4) is 0 Å². The van der Waals surface area contributed by atoms with E-state index in [1.165, 1.54) is 6.07 Å². The third-order valence-electron chi connectivity index (χ3n) is 5.21. The van der Waals surface area contributed by atoms with Gasteiger partial charge in [-0.05, 0) is 37.4 Å². The smallest absolute Gasteiger partial charge is 0.341 e. The van der Waals surface area contributed by atoms with Crippen molar-refractivity contribution in [3.05, 3.63) is 45.4 Å². The largest absolute Gasteiger partial charge is 0.477 e. The fraction of sp³-hybridized carbons (Fsp3) is 0.444. The number of carboxylic acids is 1. The van der Waals surface area contributed by atoms with Gasteiger partial charge in [0.05, 0.1) is 11.7 Å². The molecule has 1 aliphatic carbocycles. The second-order valence-electron chi connectivity index (χ2n) is 7.05. The molecule has 27 heavy (non-hydrogen) atoms. The molecule has 0 atom stereocenters. The van der Waals surface area contributed by atoms with Crippen molar-refractivity contribution in [3.8, 4) is 0 Å². The minimum atomic E-state index is -1.39. The van der Waals surface area contributed by atoms with Gasteiger partial charge in [0.25, 0.3) is 5.56 Å². The summed E-state index contributed by atoms with van der Waals surface area (Å²) in [6.07, 6.45) is 2.52. The highest BCUT2D eigenvalue weighted by atomic mass is 35.5. The zero-order valence-corrected chi connectivity index (χ0v) is 15.6. The van der Waals surface area contributed by atoms with Crippen molar-refractivity contribution in [1.82, 2.24) is 9.30 Å². The topological polar surface area (TPSA) is 65.3 Å². The summed E-state index contributed by atoms with van der Waals surface area (Å²) in [6, 6.07) is 1.26. The van der Waals surface area contributed by atoms with E-state index in [2.05, 4.69) is 4.90 Å². The van der Waals surface area contributed by atoms with Crippen molar-refractivity contribution < 1.29 is 18.7 Å². The molecule has 0 spiro atoms. The highest BCUT2D eigenvalue weighted by Gasteiger charge is 2.32. The Morgan fingerprint density at radius 1 is 1.19 bits per heavy atom. The van der Waals surface area contributed by atoms with E-state index in [4.69, 9.17) is 0 Å². The number of rotatable bonds is 3. The van der Waals surface area contributed by atoms with Crippen molar-refractivity contribution in [2.75, 3.05) is 38.1 Å². The quantitative estimate of drug-likeness (QED) is 0.858. The fourth-order valence-electron chi connectivity index (χ4n) is 3.58. The van der Waals surface area contributed by atoms with Crippen LogP contribution in [-0.2, 0) is 0 Å². The SMILES string of the molecule is CN1CCN(c2c(F)cn3c(=O)c(C(=O)O)cc(C4CC4)c3c2F)CC1.Cl. The summed E-state index contributed by atoms with van der Waals surface area (Å²) in [5, 5.41) is 9.26. The zero-order valence-electron chi connectivity index (χ0n) is 14.7. The van der Waals surface area contributed by atoms with Gasteiger partial charge in [0, 0.05) is 26.2 Å². The molecule has 0 unspecified atom stereocenters. The first-order valence-corrected chi connectivity index (χ1v) is 8.62. The first-order chi connectivity index (χ1) is 12.4. The number of pyridine rings is 2. The molecule has 146 valence electrons. The molecular weight excluding hydrogens is 380 g/mol. The summed E-state index contributed by atoms with van der Waals surface area (Å²) in [5.41, 5.74) is -1.05. The molecule has 2 aromatic rings. The minimum absolute atomic E-state index is 0. The number of nitrogens with zero attached hydrogens (tertiary/aromatic N) is 3. The van der Waals surface area contributed by atoms with Crippen molar-refractivity contribution in [3.63, 3.8) is 0 Å². The van der Waals surface area contributed by atoms with Crippen molar-refractivity contribution in [1.29, 1.82) is 0 Å². The Labute approximate surface area is 160 Å². The predicted molar refractivity (Wildman–Crippen MR) is 99.5 cm³/mol. The van der Waals surface area contributed by atoms with Gasteiger partial charge in [-0.25, -0.2) is 13.6 Å². The predicted octanol–water partition coefficient (Wildman–Crippen LogP) is 2.33. The molecule has 4 rings (SSSR count). The molecule has 9 heteroatoms. The second-order valence-corrected chi connectivity index (χ2v) is 7.05. The summed E-state index contributed by atoms with van der Waals surface area (Å²) < 4.78 is 30.9. The Kier molecular flexibility index (Phi) is 5.14. The first-order valence-electron chi connectivity index (χ1n) is 8.62. The lowest BCUT2D eigenvalue weighted by Gasteiger charge is -2.34. The molecule has 1 N–H and O–H groups in total. The molecular formula is C18H20ClF2N3O3. The molecule has 0 amide bonds. The number of hydrogen-bond donors (Lipinski definition) is 1. The van der Waals surface area contributed by atoms with E-state index in [-0.39, 0.29) is 29.5 Å². The molecule has 2 fully saturated rings. The molecule has 1 aliphatic heterocycles. The van der Waals surface area contributed by atoms with E-state index in [1.54, 1.807) is 4.90 Å². The van der Waals surface area contributed by atoms with Gasteiger partial charge >= 0.3 is 5.97 Å². The Balaban J connectivity index is 0.00000210. The number of piperazine rings is 1. The first kappa shape index (κ1) is 19.6. The van der Waals surface area contributed by atoms with Crippen molar-refractivity contribution in [2.45, 2.75) is 18.8 Å². The number of carboxylic acid groups (broad SMARTS) is 1. The minimum Gasteiger partial charge on any atom is -0.477 e. The van der Waals surface area contributed by atoms with Crippen LogP contribution >= 0.6 is 12.4 Å². The van der Waals surface area contributed by atoms with Gasteiger partial charge in [0.2, 0.25) is 0 Å². The molecule has 1 saturated carbocycles. The van der Waals surface area contributed by atoms with Crippen LogP contribution in [0.2, 0.25) is 0 Å². The van der Waals surface area contributed by atoms with Crippen LogP contribution in [0.25, 0.3) is 5.52 Å². The standard InChI is InChI=1S/C18H19F2N3O3.ClH/c1-21-4-6-22(7-5-21)16-13(19)9-23-15(14(16)20)11(10-2-3-10)8-12(17(23)24)18(25)26;/h8-10H,2-7H2,1H3,(H,25,26);1H. The van der Waals surface area contributed by atoms with Crippen LogP contribution in [-0.4, -0.2) is 53.6 Å². The van der Waals surface area contributed by atoms with Gasteiger partial charge in [0.15, 0.2) is 11.6 Å². The molecule has 6 nitrogen and oxygen atoms in total. The van der Waals surface area contributed by atoms with Crippen LogP contribution in [0.5, 0.6) is 0 Å². The van der Waals surface area contributed by atoms with Gasteiger partial charge in [0.1, 0.15) is 11.3 Å². The van der Waals surface area contributed by atoms with E-state index in [0.717, 1.165) is 23.4 Å². The van der Waals surface area contributed by atoms with Gasteiger partial charge in [-0.2, -0.15) is 0 Å². The number of hydrogen-bond acceptors (Lipinski definition) is 4. The van der Waals surface area contributed by atoms with E-state index in [9.17, 15) is 19.1 Å². The zero-order chi connectivity index (χ0) is 18.6. The fourth-order valence-corrected chi connectivity index (χ4v) is 3.58. The second kappa shape index (κ2) is 7.09. The number of aromatic nitrogens is 1. The van der Waals surface area contributed by atoms with Crippen molar-refractivity contribution in [2.24, 2.45) is 0 Å². The van der Waals surface area contributed by atoms with Gasteiger partial charge in [-0.15, -0.1) is 12.4 Å². The molecule has 2 aliphatic rings. The summed E-state index contributed by atoms with van der Waals surface area (Å²) in [4.78, 5) is 27.5. The summed E-state index contributed by atoms with van der Waals surface area (Å²) in [5.74, 6) is -3.03. The number of aromatic carboxylic acids is 1. The molecule has 0 bridgehead atoms. The normalized spacial score (nSPS) is 17.8. The summed E-state index contributed by atoms with van der Waals surface area (Å²) >= 11 is 0. The average molecular weight is 400 g/mol. The molecule has 2 aromatic heterocycles. The molecule has 3 heterocycles. The highest BCUT2D eigenvalue weighted by Crippen LogP contribution is 2.43. The summed E-state index contributed by atoms with van der Waals surface area (Å²) in [6.45, 7) is 2.34.